The quantitative estimate of drug-likeness (QED) is 0.0783. The van der Waals surface area contributed by atoms with Gasteiger partial charge in [-0.3, -0.25) is 0 Å². The highest BCUT2D eigenvalue weighted by atomic mass is 35.5. The first kappa shape index (κ1) is 95.2. The number of hydrogen-bond donors (Lipinski definition) is 3. The molecule has 0 aliphatic carbocycles. The summed E-state index contributed by atoms with van der Waals surface area (Å²) in [7, 11) is 0. The van der Waals surface area contributed by atoms with Crippen LogP contribution in [0, 0.1) is 0 Å². The van der Waals surface area contributed by atoms with Gasteiger partial charge in [-0.1, -0.05) is 351 Å². The van der Waals surface area contributed by atoms with Crippen LogP contribution < -0.4 is 0 Å². The smallest absolute Gasteiger partial charge is 0.261 e. The normalized spacial score (nSPS) is 11.9. The van der Waals surface area contributed by atoms with Crippen LogP contribution in [-0.4, -0.2) is 59.4 Å². The molecule has 15 aromatic carbocycles. The van der Waals surface area contributed by atoms with E-state index in [-0.39, 0.29) is 63.2 Å². The van der Waals surface area contributed by atoms with Crippen molar-refractivity contribution in [2.24, 2.45) is 0 Å². The molecule has 22 heteroatoms. The van der Waals surface area contributed by atoms with Gasteiger partial charge in [-0.15, -0.1) is 0 Å². The number of phenols is 3. The number of benzene rings is 15. The Balaban J connectivity index is 0.000000138. The van der Waals surface area contributed by atoms with Crippen molar-refractivity contribution in [3.05, 3.63) is 366 Å². The lowest BCUT2D eigenvalue weighted by Gasteiger charge is -2.23. The average Bonchev–Trinajstić information content (AvgIpc) is 1.57. The van der Waals surface area contributed by atoms with Crippen molar-refractivity contribution < 1.29 is 28.9 Å². The van der Waals surface area contributed by atoms with Gasteiger partial charge in [0, 0.05) is 32.8 Å². The molecule has 0 fully saturated rings. The van der Waals surface area contributed by atoms with E-state index in [0.717, 1.165) is 87.9 Å². The third-order valence-corrected chi connectivity index (χ3v) is 28.1. The zero-order valence-corrected chi connectivity index (χ0v) is 84.6. The maximum Gasteiger partial charge on any atom is 0.261 e. The molecule has 0 aliphatic heterocycles. The summed E-state index contributed by atoms with van der Waals surface area (Å²) in [6, 6.07) is 97.7. The maximum absolute atomic E-state index is 12.4. The van der Waals surface area contributed by atoms with Gasteiger partial charge in [0.2, 0.25) is 17.5 Å². The fourth-order valence-corrected chi connectivity index (χ4v) is 20.6. The first-order valence-corrected chi connectivity index (χ1v) is 49.0. The van der Waals surface area contributed by atoms with Gasteiger partial charge in [-0.05, 0) is 251 Å². The number of hydrogen-bond acceptors (Lipinski definition) is 12. The molecule has 0 bridgehead atoms. The zero-order chi connectivity index (χ0) is 98.3. The third-order valence-electron chi connectivity index (χ3n) is 25.9. The van der Waals surface area contributed by atoms with Crippen LogP contribution in [-0.2, 0) is 10.8 Å². The molecule has 700 valence electrons. The average molecular weight is 1990 g/mol. The van der Waals surface area contributed by atoms with Crippen LogP contribution in [0.15, 0.2) is 311 Å². The minimum absolute atomic E-state index is 0.0351. The lowest BCUT2D eigenvalue weighted by Crippen LogP contribution is -2.12. The number of aromatic nitrogens is 9. The predicted octanol–water partition coefficient (Wildman–Crippen LogP) is 35.8. The molecule has 21 rings (SSSR count). The van der Waals surface area contributed by atoms with E-state index < -0.39 is 0 Å². The largest absolute Gasteiger partial charge is 0.505 e. The van der Waals surface area contributed by atoms with Crippen molar-refractivity contribution in [2.45, 2.75) is 131 Å². The Morgan fingerprint density at radius 3 is 0.886 bits per heavy atom. The number of phenolic OH excluding ortho intramolecular Hbond substituents is 3. The summed E-state index contributed by atoms with van der Waals surface area (Å²) >= 11 is 45.4. The molecule has 0 amide bonds. The Kier molecular flexibility index (Phi) is 26.2. The van der Waals surface area contributed by atoms with Crippen LogP contribution in [0.3, 0.4) is 0 Å². The van der Waals surface area contributed by atoms with Gasteiger partial charge < -0.3 is 42.6 Å². The molecular weight excluding hydrogens is 1890 g/mol. The fraction of sp³-hybridized carbons (Fsp3) is 0.169. The Labute approximate surface area is 846 Å². The summed E-state index contributed by atoms with van der Waals surface area (Å²) in [5.74, 6) is 2.60. The molecule has 0 radical (unpaired) electrons. The molecule has 0 aliphatic rings. The predicted molar refractivity (Wildman–Crippen MR) is 577 cm³/mol. The topological polar surface area (TPSA) is 192 Å². The monoisotopic (exact) mass is 1980 g/mol. The van der Waals surface area contributed by atoms with Crippen LogP contribution in [0.4, 0.5) is 0 Å². The lowest BCUT2D eigenvalue weighted by atomic mass is 9.85. The van der Waals surface area contributed by atoms with Crippen LogP contribution in [0.2, 0.25) is 35.2 Å². The Hall–Kier alpha value is -13.7. The van der Waals surface area contributed by atoms with Crippen molar-refractivity contribution in [3.8, 4) is 147 Å². The fourth-order valence-electron chi connectivity index (χ4n) is 18.7. The van der Waals surface area contributed by atoms with E-state index in [2.05, 4.69) is 307 Å². The molecule has 21 aromatic rings. The van der Waals surface area contributed by atoms with Gasteiger partial charge in [0.25, 0.3) is 17.7 Å². The van der Waals surface area contributed by atoms with Crippen LogP contribution >= 0.6 is 81.2 Å². The number of fused-ring (bicyclic) bond motifs is 7. The number of para-hydroxylation sites is 1. The third kappa shape index (κ3) is 18.1. The molecule has 0 spiro atoms. The second kappa shape index (κ2) is 38.5. The minimum Gasteiger partial charge on any atom is -0.505 e. The summed E-state index contributed by atoms with van der Waals surface area (Å²) in [4.78, 5) is 13.8. The Morgan fingerprint density at radius 1 is 0.279 bits per heavy atom. The first-order chi connectivity index (χ1) is 67.1. The summed E-state index contributed by atoms with van der Waals surface area (Å²) < 4.78 is 23.0. The van der Waals surface area contributed by atoms with E-state index in [0.29, 0.717) is 109 Å². The number of rotatable bonds is 17. The molecule has 6 heterocycles. The van der Waals surface area contributed by atoms with Gasteiger partial charge >= 0.3 is 0 Å². The lowest BCUT2D eigenvalue weighted by molar-refractivity contribution is 0.431. The second-order valence-electron chi connectivity index (χ2n) is 38.5. The standard InChI is InChI=1S/C48H43Cl2N3O2.C44H34Cl3N3O2.C26H21Cl2N3O2/c1-27(2)32-13-8-10-15-34(32)29-19-21-41-36(23-29)37-24-30(35-16-11-9-14-33(35)28(3)4)20-22-42(37)53(41)43-26-31(48(5,6)7)25-38(45(43)54)46-51-47(55-52-46)44-39(49)17-12-18-40(44)50;1-24(2)29-10-5-7-12-31(29)26-16-18-38-33(20-26)34-21-27(32-13-8-6-11-30(32)25(3)4)17-19-39(34)50(38)40-23-28(45)22-35(42(40)51)43-48-44(52-49-43)41-36(46)14-9-15-37(41)47;1-26(2,3)16-13-17(24-29-25(33-30-24)22-18(27)8-6-9-19(22)28)23(32)21(14-16)31-12-11-15-7-4-5-10-20(15)31/h8-28,54H,1-7H3;5-25,51H,1-4H3;4-14,32H,1-3H3. The van der Waals surface area contributed by atoms with Gasteiger partial charge in [0.05, 0.1) is 108 Å². The van der Waals surface area contributed by atoms with Crippen molar-refractivity contribution in [2.75, 3.05) is 0 Å². The molecular formula is C118H98Cl7N9O6. The van der Waals surface area contributed by atoms with Crippen molar-refractivity contribution in [3.63, 3.8) is 0 Å². The molecule has 0 saturated carbocycles. The van der Waals surface area contributed by atoms with E-state index in [9.17, 15) is 15.3 Å². The summed E-state index contributed by atoms with van der Waals surface area (Å²) in [6.45, 7) is 30.6. The molecule has 0 saturated heterocycles. The van der Waals surface area contributed by atoms with Crippen molar-refractivity contribution in [1.82, 2.24) is 44.1 Å². The summed E-state index contributed by atoms with van der Waals surface area (Å²) in [5.41, 5.74) is 25.1. The molecule has 6 aromatic heterocycles. The zero-order valence-electron chi connectivity index (χ0n) is 79.3. The van der Waals surface area contributed by atoms with Gasteiger partial charge in [-0.25, -0.2) is 0 Å². The van der Waals surface area contributed by atoms with E-state index in [4.69, 9.17) is 99.8 Å². The van der Waals surface area contributed by atoms with Crippen LogP contribution in [0.25, 0.3) is 185 Å². The van der Waals surface area contributed by atoms with E-state index >= 15 is 0 Å². The van der Waals surface area contributed by atoms with E-state index in [1.807, 2.05) is 59.3 Å². The Bertz CT molecular complexity index is 8130. The van der Waals surface area contributed by atoms with Crippen LogP contribution in [0.5, 0.6) is 17.2 Å². The molecule has 15 nitrogen and oxygen atoms in total. The van der Waals surface area contributed by atoms with Gasteiger partial charge in [-0.2, -0.15) is 15.0 Å². The molecule has 0 unspecified atom stereocenters. The minimum atomic E-state index is -0.282. The highest BCUT2D eigenvalue weighted by molar-refractivity contribution is 6.40. The van der Waals surface area contributed by atoms with Gasteiger partial charge in [0.1, 0.15) is 0 Å². The summed E-state index contributed by atoms with van der Waals surface area (Å²) in [6.07, 6.45) is 1.95. The SMILES string of the molecule is CC(C)(C)c1cc(-c2noc(-c3c(Cl)cccc3Cl)n2)c(O)c(-n2ccc3ccccc32)c1.CC(C)c1ccccc1-c1ccc2c(c1)c1cc(-c3ccccc3C(C)C)ccc1n2-c1cc(C(C)(C)C)cc(-c2noc(-c3c(Cl)cccc3Cl)n2)c1O.CC(C)c1ccccc1-c1ccc2c(c1)c1cc(-c3ccccc3C(C)C)ccc1n2-c1cc(Cl)cc(-c2noc(-c3c(Cl)cccc3Cl)n2)c1O. The highest BCUT2D eigenvalue weighted by Gasteiger charge is 2.32. The van der Waals surface area contributed by atoms with E-state index in [1.54, 1.807) is 66.7 Å². The van der Waals surface area contributed by atoms with Crippen molar-refractivity contribution >= 4 is 136 Å². The number of aromatic hydroxyl groups is 3. The molecule has 140 heavy (non-hydrogen) atoms. The Morgan fingerprint density at radius 2 is 0.564 bits per heavy atom. The van der Waals surface area contributed by atoms with Crippen LogP contribution in [0.1, 0.15) is 154 Å². The van der Waals surface area contributed by atoms with E-state index in [1.165, 1.54) is 44.5 Å². The van der Waals surface area contributed by atoms with Gasteiger partial charge in [0.15, 0.2) is 17.2 Å². The molecule has 0 atom stereocenters. The van der Waals surface area contributed by atoms with Crippen molar-refractivity contribution in [1.29, 1.82) is 0 Å². The second-order valence-corrected chi connectivity index (χ2v) is 41.4. The number of nitrogens with zero attached hydrogens (tertiary/aromatic N) is 9. The highest BCUT2D eigenvalue weighted by Crippen LogP contribution is 2.51. The first-order valence-electron chi connectivity index (χ1n) is 46.4. The summed E-state index contributed by atoms with van der Waals surface area (Å²) in [5, 5.41) is 56.6. The number of halogens is 7. The maximum atomic E-state index is 12.4. The molecule has 3 N–H and O–H groups in total.